The van der Waals surface area contributed by atoms with E-state index in [1.165, 1.54) is 6.92 Å². The van der Waals surface area contributed by atoms with Crippen LogP contribution >= 0.6 is 12.6 Å². The molecule has 0 bridgehead atoms. The summed E-state index contributed by atoms with van der Waals surface area (Å²) >= 11 is 3.65. The predicted octanol–water partition coefficient (Wildman–Crippen LogP) is -0.916. The SMILES string of the molecule is CC(=O)NNC(=O)CS. The number of thiol groups is 1. The standard InChI is InChI=1S/C4H8N2O2S/c1-3(7)5-6-4(8)2-9/h9H,2H2,1H3,(H,5,7)(H,6,8). The van der Waals surface area contributed by atoms with Gasteiger partial charge in [0.15, 0.2) is 0 Å². The largest absolute Gasteiger partial charge is 0.274 e. The van der Waals surface area contributed by atoms with Crippen molar-refractivity contribution in [2.45, 2.75) is 6.92 Å². The number of amides is 2. The van der Waals surface area contributed by atoms with Gasteiger partial charge in [0.1, 0.15) is 0 Å². The van der Waals surface area contributed by atoms with Gasteiger partial charge in [-0.2, -0.15) is 12.6 Å². The van der Waals surface area contributed by atoms with E-state index in [4.69, 9.17) is 0 Å². The zero-order valence-corrected chi connectivity index (χ0v) is 5.87. The maximum absolute atomic E-state index is 10.3. The minimum absolute atomic E-state index is 0.0697. The fraction of sp³-hybridized carbons (Fsp3) is 0.500. The van der Waals surface area contributed by atoms with Gasteiger partial charge in [-0.05, 0) is 0 Å². The lowest BCUT2D eigenvalue weighted by atomic mass is 10.7. The second-order valence-electron chi connectivity index (χ2n) is 1.39. The normalized spacial score (nSPS) is 8.22. The number of hydrogen-bond donors (Lipinski definition) is 3. The monoisotopic (exact) mass is 148 g/mol. The molecule has 0 radical (unpaired) electrons. The van der Waals surface area contributed by atoms with Gasteiger partial charge in [-0.3, -0.25) is 20.4 Å². The summed E-state index contributed by atoms with van der Waals surface area (Å²) < 4.78 is 0. The Bertz CT molecular complexity index is 126. The van der Waals surface area contributed by atoms with E-state index in [1.54, 1.807) is 0 Å². The van der Waals surface area contributed by atoms with Crippen molar-refractivity contribution >= 4 is 24.4 Å². The maximum atomic E-state index is 10.3. The zero-order valence-electron chi connectivity index (χ0n) is 4.97. The summed E-state index contributed by atoms with van der Waals surface area (Å²) in [7, 11) is 0. The van der Waals surface area contributed by atoms with E-state index in [9.17, 15) is 9.59 Å². The van der Waals surface area contributed by atoms with E-state index >= 15 is 0 Å². The summed E-state index contributed by atoms with van der Waals surface area (Å²) in [5, 5.41) is 0. The van der Waals surface area contributed by atoms with Crippen LogP contribution in [0.15, 0.2) is 0 Å². The second kappa shape index (κ2) is 4.20. The molecule has 0 fully saturated rings. The lowest BCUT2D eigenvalue weighted by Gasteiger charge is -2.00. The highest BCUT2D eigenvalue weighted by Crippen LogP contribution is 1.68. The molecule has 0 unspecified atom stereocenters. The Morgan fingerprint density at radius 3 is 2.33 bits per heavy atom. The molecule has 0 saturated heterocycles. The van der Waals surface area contributed by atoms with Crippen LogP contribution in [-0.2, 0) is 9.59 Å². The third-order valence-electron chi connectivity index (χ3n) is 0.522. The van der Waals surface area contributed by atoms with E-state index in [2.05, 4.69) is 23.5 Å². The van der Waals surface area contributed by atoms with Gasteiger partial charge in [0.25, 0.3) is 0 Å². The maximum Gasteiger partial charge on any atom is 0.248 e. The zero-order chi connectivity index (χ0) is 7.28. The Morgan fingerprint density at radius 1 is 1.44 bits per heavy atom. The van der Waals surface area contributed by atoms with Crippen molar-refractivity contribution in [1.82, 2.24) is 10.9 Å². The molecule has 52 valence electrons. The predicted molar refractivity (Wildman–Crippen MR) is 35.8 cm³/mol. The molecular weight excluding hydrogens is 140 g/mol. The van der Waals surface area contributed by atoms with E-state index in [0.717, 1.165) is 0 Å². The highest BCUT2D eigenvalue weighted by atomic mass is 32.1. The molecule has 0 aliphatic rings. The Labute approximate surface area is 58.4 Å². The first-order chi connectivity index (χ1) is 4.16. The van der Waals surface area contributed by atoms with Crippen molar-refractivity contribution in [3.8, 4) is 0 Å². The molecule has 4 nitrogen and oxygen atoms in total. The van der Waals surface area contributed by atoms with Crippen molar-refractivity contribution in [3.05, 3.63) is 0 Å². The van der Waals surface area contributed by atoms with Crippen LogP contribution in [-0.4, -0.2) is 17.6 Å². The van der Waals surface area contributed by atoms with Crippen LogP contribution in [0, 0.1) is 0 Å². The molecule has 0 heterocycles. The van der Waals surface area contributed by atoms with Crippen LogP contribution in [0.2, 0.25) is 0 Å². The molecule has 2 N–H and O–H groups in total. The molecule has 0 rings (SSSR count). The smallest absolute Gasteiger partial charge is 0.248 e. The molecule has 0 spiro atoms. The number of hydrogen-bond acceptors (Lipinski definition) is 3. The molecule has 0 aromatic heterocycles. The quantitative estimate of drug-likeness (QED) is 0.333. The topological polar surface area (TPSA) is 58.2 Å². The molecule has 5 heteroatoms. The minimum atomic E-state index is -0.325. The van der Waals surface area contributed by atoms with Gasteiger partial charge in [0.05, 0.1) is 5.75 Å². The van der Waals surface area contributed by atoms with Gasteiger partial charge in [-0.1, -0.05) is 0 Å². The first-order valence-electron chi connectivity index (χ1n) is 2.33. The minimum Gasteiger partial charge on any atom is -0.274 e. The Kier molecular flexibility index (Phi) is 3.87. The van der Waals surface area contributed by atoms with Gasteiger partial charge < -0.3 is 0 Å². The van der Waals surface area contributed by atoms with Crippen molar-refractivity contribution in [3.63, 3.8) is 0 Å². The second-order valence-corrected chi connectivity index (χ2v) is 1.70. The molecule has 0 aliphatic heterocycles. The van der Waals surface area contributed by atoms with Crippen molar-refractivity contribution in [2.24, 2.45) is 0 Å². The summed E-state index contributed by atoms with van der Waals surface area (Å²) in [5.74, 6) is -0.557. The molecular formula is C4H8N2O2S. The Hall–Kier alpha value is -0.710. The van der Waals surface area contributed by atoms with Crippen LogP contribution in [0.1, 0.15) is 6.92 Å². The third kappa shape index (κ3) is 5.16. The van der Waals surface area contributed by atoms with Crippen molar-refractivity contribution in [1.29, 1.82) is 0 Å². The number of carbonyl (C=O) groups is 2. The number of nitrogens with one attached hydrogen (secondary N) is 2. The molecule has 0 saturated carbocycles. The van der Waals surface area contributed by atoms with Crippen molar-refractivity contribution in [2.75, 3.05) is 5.75 Å². The summed E-state index contributed by atoms with van der Waals surface area (Å²) in [6, 6.07) is 0. The number of hydrazine groups is 1. The molecule has 0 aromatic carbocycles. The van der Waals surface area contributed by atoms with Crippen molar-refractivity contribution < 1.29 is 9.59 Å². The third-order valence-corrected chi connectivity index (χ3v) is 0.809. The first kappa shape index (κ1) is 8.29. The van der Waals surface area contributed by atoms with Crippen LogP contribution in [0.5, 0.6) is 0 Å². The summed E-state index contributed by atoms with van der Waals surface area (Å²) in [4.78, 5) is 20.4. The fourth-order valence-corrected chi connectivity index (χ4v) is 0.276. The molecule has 0 aliphatic carbocycles. The average Bonchev–Trinajstić information content (AvgIpc) is 1.83. The summed E-state index contributed by atoms with van der Waals surface area (Å²) in [6.07, 6.45) is 0. The highest BCUT2D eigenvalue weighted by molar-refractivity contribution is 7.81. The number of rotatable bonds is 1. The first-order valence-corrected chi connectivity index (χ1v) is 2.96. The lowest BCUT2D eigenvalue weighted by Crippen LogP contribution is -2.40. The van der Waals surface area contributed by atoms with Crippen LogP contribution < -0.4 is 10.9 Å². The van der Waals surface area contributed by atoms with Gasteiger partial charge in [0.2, 0.25) is 11.8 Å². The average molecular weight is 148 g/mol. The van der Waals surface area contributed by atoms with Crippen LogP contribution in [0.4, 0.5) is 0 Å². The van der Waals surface area contributed by atoms with Gasteiger partial charge in [-0.15, -0.1) is 0 Å². The van der Waals surface area contributed by atoms with E-state index in [-0.39, 0.29) is 17.6 Å². The highest BCUT2D eigenvalue weighted by Gasteiger charge is 1.94. The molecule has 0 atom stereocenters. The Balaban J connectivity index is 3.28. The Morgan fingerprint density at radius 2 is 2.00 bits per heavy atom. The molecule has 0 aromatic rings. The van der Waals surface area contributed by atoms with Gasteiger partial charge >= 0.3 is 0 Å². The summed E-state index contributed by atoms with van der Waals surface area (Å²) in [6.45, 7) is 1.30. The van der Waals surface area contributed by atoms with Gasteiger partial charge in [0, 0.05) is 6.92 Å². The van der Waals surface area contributed by atoms with Crippen LogP contribution in [0.3, 0.4) is 0 Å². The summed E-state index contributed by atoms with van der Waals surface area (Å²) in [5.41, 5.74) is 4.23. The number of carbonyl (C=O) groups excluding carboxylic acids is 2. The van der Waals surface area contributed by atoms with E-state index in [0.29, 0.717) is 0 Å². The van der Waals surface area contributed by atoms with E-state index < -0.39 is 0 Å². The fourth-order valence-electron chi connectivity index (χ4n) is 0.197. The molecule has 9 heavy (non-hydrogen) atoms. The van der Waals surface area contributed by atoms with Gasteiger partial charge in [-0.25, -0.2) is 0 Å². The lowest BCUT2D eigenvalue weighted by molar-refractivity contribution is -0.126. The van der Waals surface area contributed by atoms with E-state index in [1.807, 2.05) is 0 Å². The van der Waals surface area contributed by atoms with Crippen LogP contribution in [0.25, 0.3) is 0 Å². The molecule has 2 amide bonds.